The molecule has 3 rings (SSSR count). The molecule has 3 aromatic rings. The monoisotopic (exact) mass is 391 g/mol. The van der Waals surface area contributed by atoms with E-state index in [1.807, 2.05) is 37.3 Å². The van der Waals surface area contributed by atoms with Crippen LogP contribution in [0.1, 0.15) is 39.1 Å². The summed E-state index contributed by atoms with van der Waals surface area (Å²) in [6, 6.07) is 14.4. The summed E-state index contributed by atoms with van der Waals surface area (Å²) in [5.41, 5.74) is 3.18. The third-order valence-corrected chi connectivity index (χ3v) is 4.33. The number of nitrogens with zero attached hydrogens (tertiary/aromatic N) is 1. The Balaban J connectivity index is 1.60. The van der Waals surface area contributed by atoms with Gasteiger partial charge in [0, 0.05) is 18.3 Å². The summed E-state index contributed by atoms with van der Waals surface area (Å²) in [7, 11) is 0. The molecule has 7 heteroatoms. The third-order valence-electron chi connectivity index (χ3n) is 4.33. The molecule has 1 aromatic carbocycles. The van der Waals surface area contributed by atoms with E-state index in [0.29, 0.717) is 24.3 Å². The predicted molar refractivity (Wildman–Crippen MR) is 107 cm³/mol. The maximum Gasteiger partial charge on any atom is 0.287 e. The van der Waals surface area contributed by atoms with Crippen molar-refractivity contribution in [3.8, 4) is 11.3 Å². The Kier molecular flexibility index (Phi) is 6.52. The van der Waals surface area contributed by atoms with Gasteiger partial charge in [0.1, 0.15) is 17.7 Å². The van der Waals surface area contributed by atoms with Gasteiger partial charge < -0.3 is 19.8 Å². The lowest BCUT2D eigenvalue weighted by Gasteiger charge is -2.06. The van der Waals surface area contributed by atoms with Crippen molar-refractivity contribution in [3.05, 3.63) is 77.3 Å². The maximum atomic E-state index is 12.3. The van der Waals surface area contributed by atoms with Gasteiger partial charge in [-0.15, -0.1) is 0 Å². The Morgan fingerprint density at radius 3 is 2.52 bits per heavy atom. The van der Waals surface area contributed by atoms with Gasteiger partial charge in [-0.05, 0) is 41.8 Å². The van der Waals surface area contributed by atoms with Crippen LogP contribution in [0.2, 0.25) is 0 Å². The van der Waals surface area contributed by atoms with Crippen molar-refractivity contribution in [3.63, 3.8) is 0 Å². The Labute approximate surface area is 168 Å². The number of aromatic nitrogens is 1. The molecule has 2 heterocycles. The number of rotatable bonds is 8. The Hall–Kier alpha value is -3.74. The summed E-state index contributed by atoms with van der Waals surface area (Å²) in [5.74, 6) is 0.0160. The first kappa shape index (κ1) is 20.0. The second-order valence-corrected chi connectivity index (χ2v) is 6.32. The lowest BCUT2D eigenvalue weighted by Crippen LogP contribution is -2.24. The maximum absolute atomic E-state index is 12.3. The lowest BCUT2D eigenvalue weighted by atomic mass is 10.1. The van der Waals surface area contributed by atoms with E-state index in [2.05, 4.69) is 15.6 Å². The van der Waals surface area contributed by atoms with Crippen LogP contribution in [-0.4, -0.2) is 29.6 Å². The van der Waals surface area contributed by atoms with Crippen molar-refractivity contribution in [2.75, 3.05) is 6.54 Å². The number of amides is 2. The highest BCUT2D eigenvalue weighted by Gasteiger charge is 2.12. The third kappa shape index (κ3) is 5.16. The predicted octanol–water partition coefficient (Wildman–Crippen LogP) is 2.76. The fraction of sp³-hybridized carbons (Fsp3) is 0.182. The number of pyridine rings is 1. The molecule has 0 aliphatic carbocycles. The van der Waals surface area contributed by atoms with E-state index in [0.717, 1.165) is 23.1 Å². The summed E-state index contributed by atoms with van der Waals surface area (Å²) in [5, 5.41) is 5.28. The van der Waals surface area contributed by atoms with E-state index in [1.165, 1.54) is 0 Å². The first-order valence-electron chi connectivity index (χ1n) is 9.24. The minimum absolute atomic E-state index is 0.0620. The van der Waals surface area contributed by atoms with Gasteiger partial charge in [0.2, 0.25) is 0 Å². The van der Waals surface area contributed by atoms with Gasteiger partial charge in [0.25, 0.3) is 11.8 Å². The second kappa shape index (κ2) is 9.45. The van der Waals surface area contributed by atoms with Gasteiger partial charge in [0.05, 0.1) is 6.54 Å². The molecule has 148 valence electrons. The number of benzene rings is 1. The SMILES string of the molecule is CCc1ccnc(C(=O)NCc2ccc(-c3ccc(C(=O)NCC=O)o3)cc2)c1. The van der Waals surface area contributed by atoms with Gasteiger partial charge in [-0.2, -0.15) is 0 Å². The van der Waals surface area contributed by atoms with Gasteiger partial charge in [-0.25, -0.2) is 0 Å². The molecule has 2 N–H and O–H groups in total. The minimum Gasteiger partial charge on any atom is -0.451 e. The molecule has 0 fully saturated rings. The largest absolute Gasteiger partial charge is 0.451 e. The van der Waals surface area contributed by atoms with E-state index in [1.54, 1.807) is 24.4 Å². The van der Waals surface area contributed by atoms with Crippen LogP contribution in [0, 0.1) is 0 Å². The average Bonchev–Trinajstić information content (AvgIpc) is 3.26. The fourth-order valence-corrected chi connectivity index (χ4v) is 2.71. The molecule has 0 saturated heterocycles. The molecule has 0 bridgehead atoms. The van der Waals surface area contributed by atoms with Crippen LogP contribution in [0.15, 0.2) is 59.1 Å². The van der Waals surface area contributed by atoms with Gasteiger partial charge >= 0.3 is 0 Å². The molecule has 0 radical (unpaired) electrons. The van der Waals surface area contributed by atoms with Crippen LogP contribution in [0.25, 0.3) is 11.3 Å². The van der Waals surface area contributed by atoms with Crippen LogP contribution < -0.4 is 10.6 Å². The van der Waals surface area contributed by atoms with E-state index >= 15 is 0 Å². The van der Waals surface area contributed by atoms with E-state index in [9.17, 15) is 14.4 Å². The van der Waals surface area contributed by atoms with Crippen LogP contribution in [0.5, 0.6) is 0 Å². The zero-order valence-corrected chi connectivity index (χ0v) is 16.0. The van der Waals surface area contributed by atoms with Crippen molar-refractivity contribution in [2.45, 2.75) is 19.9 Å². The molecule has 7 nitrogen and oxygen atoms in total. The van der Waals surface area contributed by atoms with E-state index < -0.39 is 5.91 Å². The van der Waals surface area contributed by atoms with E-state index in [-0.39, 0.29) is 18.2 Å². The molecular weight excluding hydrogens is 370 g/mol. The van der Waals surface area contributed by atoms with E-state index in [4.69, 9.17) is 4.42 Å². The Morgan fingerprint density at radius 1 is 1.00 bits per heavy atom. The smallest absolute Gasteiger partial charge is 0.287 e. The van der Waals surface area contributed by atoms with Crippen LogP contribution in [0.4, 0.5) is 0 Å². The highest BCUT2D eigenvalue weighted by atomic mass is 16.3. The van der Waals surface area contributed by atoms with Crippen molar-refractivity contribution < 1.29 is 18.8 Å². The number of carbonyl (C=O) groups is 3. The summed E-state index contributed by atoms with van der Waals surface area (Å²) in [6.07, 6.45) is 3.09. The van der Waals surface area contributed by atoms with Crippen molar-refractivity contribution in [2.24, 2.45) is 0 Å². The van der Waals surface area contributed by atoms with Crippen molar-refractivity contribution in [1.29, 1.82) is 0 Å². The number of hydrogen-bond acceptors (Lipinski definition) is 5. The zero-order valence-electron chi connectivity index (χ0n) is 16.0. The minimum atomic E-state index is -0.441. The standard InChI is InChI=1S/C22H21N3O4/c1-2-15-9-10-23-18(13-15)21(27)25-14-16-3-5-17(6-4-16)19-7-8-20(29-19)22(28)24-11-12-26/h3-10,12-13H,2,11,14H2,1H3,(H,24,28)(H,25,27). The molecule has 2 amide bonds. The summed E-state index contributed by atoms with van der Waals surface area (Å²) >= 11 is 0. The molecule has 0 aliphatic heterocycles. The van der Waals surface area contributed by atoms with Crippen molar-refractivity contribution in [1.82, 2.24) is 15.6 Å². The summed E-state index contributed by atoms with van der Waals surface area (Å²) < 4.78 is 5.54. The molecule has 0 spiro atoms. The molecular formula is C22H21N3O4. The lowest BCUT2D eigenvalue weighted by molar-refractivity contribution is -0.107. The molecule has 2 aromatic heterocycles. The molecule has 0 atom stereocenters. The number of carbonyl (C=O) groups excluding carboxylic acids is 3. The normalized spacial score (nSPS) is 10.4. The first-order valence-corrected chi connectivity index (χ1v) is 9.24. The number of aldehydes is 1. The van der Waals surface area contributed by atoms with Crippen LogP contribution in [0.3, 0.4) is 0 Å². The quantitative estimate of drug-likeness (QED) is 0.575. The second-order valence-electron chi connectivity index (χ2n) is 6.32. The Bertz CT molecular complexity index is 1010. The molecule has 0 saturated carbocycles. The van der Waals surface area contributed by atoms with Crippen molar-refractivity contribution >= 4 is 18.1 Å². The summed E-state index contributed by atoms with van der Waals surface area (Å²) in [6.45, 7) is 2.33. The number of furan rings is 1. The topological polar surface area (TPSA) is 101 Å². The number of aryl methyl sites for hydroxylation is 1. The van der Waals surface area contributed by atoms with Crippen LogP contribution >= 0.6 is 0 Å². The molecule has 29 heavy (non-hydrogen) atoms. The highest BCUT2D eigenvalue weighted by Crippen LogP contribution is 2.22. The first-order chi connectivity index (χ1) is 14.1. The number of nitrogens with one attached hydrogen (secondary N) is 2. The number of hydrogen-bond donors (Lipinski definition) is 2. The Morgan fingerprint density at radius 2 is 1.79 bits per heavy atom. The van der Waals surface area contributed by atoms with Gasteiger partial charge in [-0.3, -0.25) is 14.6 Å². The summed E-state index contributed by atoms with van der Waals surface area (Å²) in [4.78, 5) is 38.5. The van der Waals surface area contributed by atoms with Gasteiger partial charge in [-0.1, -0.05) is 31.2 Å². The highest BCUT2D eigenvalue weighted by molar-refractivity contribution is 5.93. The average molecular weight is 391 g/mol. The fourth-order valence-electron chi connectivity index (χ4n) is 2.71. The van der Waals surface area contributed by atoms with Gasteiger partial charge in [0.15, 0.2) is 5.76 Å². The molecule has 0 aliphatic rings. The molecule has 0 unspecified atom stereocenters. The zero-order chi connectivity index (χ0) is 20.6. The van der Waals surface area contributed by atoms with Crippen LogP contribution in [-0.2, 0) is 17.8 Å².